The van der Waals surface area contributed by atoms with E-state index in [1.807, 2.05) is 60.7 Å². The number of carbonyl (C=O) groups is 2. The number of ether oxygens (including phenoxy) is 4. The number of esters is 1. The summed E-state index contributed by atoms with van der Waals surface area (Å²) in [7, 11) is 1.26. The molecule has 2 aromatic carbocycles. The predicted molar refractivity (Wildman–Crippen MR) is 134 cm³/mol. The van der Waals surface area contributed by atoms with Crippen LogP contribution in [0.15, 0.2) is 84.2 Å². The first-order chi connectivity index (χ1) is 17.9. The average Bonchev–Trinajstić information content (AvgIpc) is 3.44. The quantitative estimate of drug-likeness (QED) is 0.468. The predicted octanol–water partition coefficient (Wildman–Crippen LogP) is 3.40. The molecule has 0 spiro atoms. The van der Waals surface area contributed by atoms with E-state index in [-0.39, 0.29) is 11.1 Å². The smallest absolute Gasteiger partial charge is 0.339 e. The molecule has 2 bridgehead atoms. The van der Waals surface area contributed by atoms with Crippen molar-refractivity contribution in [2.24, 2.45) is 0 Å². The van der Waals surface area contributed by atoms with Crippen LogP contribution in [0.1, 0.15) is 18.3 Å². The Labute approximate surface area is 214 Å². The van der Waals surface area contributed by atoms with Crippen LogP contribution in [0.5, 0.6) is 5.75 Å². The van der Waals surface area contributed by atoms with Gasteiger partial charge in [-0.25, -0.2) is 14.8 Å². The van der Waals surface area contributed by atoms with Crippen LogP contribution in [-0.2, 0) is 30.2 Å². The number of anilines is 1. The summed E-state index contributed by atoms with van der Waals surface area (Å²) in [6.07, 6.45) is 1.19. The molecule has 3 aromatic rings. The maximum absolute atomic E-state index is 13.5. The van der Waals surface area contributed by atoms with Crippen molar-refractivity contribution >= 4 is 17.6 Å². The molecule has 4 atom stereocenters. The van der Waals surface area contributed by atoms with Crippen molar-refractivity contribution in [1.82, 2.24) is 9.97 Å². The lowest BCUT2D eigenvalue weighted by atomic mass is 9.88. The lowest BCUT2D eigenvalue weighted by molar-refractivity contribution is -0.195. The summed E-state index contributed by atoms with van der Waals surface area (Å²) in [5, 5.41) is 2.78. The van der Waals surface area contributed by atoms with Gasteiger partial charge in [0.2, 0.25) is 5.79 Å². The first kappa shape index (κ1) is 24.6. The Kier molecular flexibility index (Phi) is 6.73. The summed E-state index contributed by atoms with van der Waals surface area (Å²) in [4.78, 5) is 35.0. The van der Waals surface area contributed by atoms with Crippen LogP contribution in [0.3, 0.4) is 0 Å². The Balaban J connectivity index is 1.59. The van der Waals surface area contributed by atoms with Gasteiger partial charge in [-0.3, -0.25) is 4.79 Å². The van der Waals surface area contributed by atoms with E-state index in [9.17, 15) is 9.59 Å². The van der Waals surface area contributed by atoms with Gasteiger partial charge in [-0.2, -0.15) is 0 Å². The molecule has 1 aromatic heterocycles. The molecule has 2 aliphatic rings. The standard InChI is InChI=1S/C28H27N3O6/c1-17-25-23(26(32)31-20-15-29-18(2)30-16-20)24(27(33)34-3)28(36-17,37-25)22(14-19-10-6-4-7-11-19)35-21-12-8-5-9-13-21/h4-13,15-17,22,25H,14H2,1-3H3,(H,31,32). The SMILES string of the molecule is COC(=O)C1=C(C(=O)Nc2cnc(C)nc2)C2OC1(C(Cc1ccccc1)Oc1ccccc1)OC2C. The molecule has 190 valence electrons. The number of amides is 1. The van der Waals surface area contributed by atoms with Crippen molar-refractivity contribution < 1.29 is 28.5 Å². The van der Waals surface area contributed by atoms with Crippen molar-refractivity contribution in [1.29, 1.82) is 0 Å². The Hall–Kier alpha value is -4.08. The summed E-state index contributed by atoms with van der Waals surface area (Å²) >= 11 is 0. The van der Waals surface area contributed by atoms with Gasteiger partial charge in [-0.1, -0.05) is 48.5 Å². The van der Waals surface area contributed by atoms with Crippen molar-refractivity contribution in [3.05, 3.63) is 95.6 Å². The molecule has 1 N–H and O–H groups in total. The highest BCUT2D eigenvalue weighted by molar-refractivity contribution is 6.11. The third-order valence-corrected chi connectivity index (χ3v) is 6.37. The first-order valence-corrected chi connectivity index (χ1v) is 12.0. The lowest BCUT2D eigenvalue weighted by Gasteiger charge is -2.36. The molecule has 9 heteroatoms. The fourth-order valence-electron chi connectivity index (χ4n) is 4.70. The van der Waals surface area contributed by atoms with Crippen molar-refractivity contribution in [3.63, 3.8) is 0 Å². The first-order valence-electron chi connectivity index (χ1n) is 12.0. The van der Waals surface area contributed by atoms with Gasteiger partial charge in [-0.05, 0) is 31.5 Å². The molecule has 0 saturated carbocycles. The van der Waals surface area contributed by atoms with Crippen molar-refractivity contribution in [2.75, 3.05) is 12.4 Å². The van der Waals surface area contributed by atoms with Crippen LogP contribution in [0, 0.1) is 6.92 Å². The molecule has 2 aliphatic heterocycles. The van der Waals surface area contributed by atoms with Crippen molar-refractivity contribution in [2.45, 2.75) is 44.4 Å². The molecule has 4 unspecified atom stereocenters. The number of para-hydroxylation sites is 1. The van der Waals surface area contributed by atoms with Gasteiger partial charge >= 0.3 is 5.97 Å². The van der Waals surface area contributed by atoms with E-state index in [2.05, 4.69) is 15.3 Å². The summed E-state index contributed by atoms with van der Waals surface area (Å²) in [6, 6.07) is 18.9. The maximum atomic E-state index is 13.5. The second-order valence-corrected chi connectivity index (χ2v) is 8.89. The molecule has 3 heterocycles. The number of methoxy groups -OCH3 is 1. The van der Waals surface area contributed by atoms with Crippen LogP contribution in [0.2, 0.25) is 0 Å². The Morgan fingerprint density at radius 1 is 1.03 bits per heavy atom. The van der Waals surface area contributed by atoms with Crippen molar-refractivity contribution in [3.8, 4) is 5.75 Å². The molecule has 1 saturated heterocycles. The zero-order chi connectivity index (χ0) is 26.0. The fraction of sp³-hybridized carbons (Fsp3) is 0.286. The minimum absolute atomic E-state index is 0.0134. The van der Waals surface area contributed by atoms with Gasteiger partial charge in [0, 0.05) is 6.42 Å². The number of aryl methyl sites for hydroxylation is 1. The number of nitrogens with zero attached hydrogens (tertiary/aromatic N) is 2. The molecule has 0 aliphatic carbocycles. The molecule has 0 radical (unpaired) electrons. The molecular weight excluding hydrogens is 474 g/mol. The van der Waals surface area contributed by atoms with Gasteiger partial charge in [0.05, 0.1) is 36.9 Å². The van der Waals surface area contributed by atoms with Crippen LogP contribution < -0.4 is 10.1 Å². The van der Waals surface area contributed by atoms with Gasteiger partial charge in [0.15, 0.2) is 6.10 Å². The number of rotatable bonds is 8. The van der Waals surface area contributed by atoms with E-state index < -0.39 is 36.0 Å². The molecule has 1 fully saturated rings. The van der Waals surface area contributed by atoms with E-state index in [4.69, 9.17) is 18.9 Å². The van der Waals surface area contributed by atoms with Gasteiger partial charge in [-0.15, -0.1) is 0 Å². The molecule has 5 rings (SSSR count). The number of hydrogen-bond acceptors (Lipinski definition) is 8. The highest BCUT2D eigenvalue weighted by Crippen LogP contribution is 2.50. The minimum Gasteiger partial charge on any atom is -0.484 e. The van der Waals surface area contributed by atoms with Gasteiger partial charge in [0.25, 0.3) is 5.91 Å². The van der Waals surface area contributed by atoms with E-state index in [1.54, 1.807) is 13.8 Å². The van der Waals surface area contributed by atoms with E-state index in [0.717, 1.165) is 5.56 Å². The minimum atomic E-state index is -1.67. The monoisotopic (exact) mass is 501 g/mol. The number of fused-ring (bicyclic) bond motifs is 2. The number of hydrogen-bond donors (Lipinski definition) is 1. The summed E-state index contributed by atoms with van der Waals surface area (Å²) < 4.78 is 24.3. The van der Waals surface area contributed by atoms with Gasteiger partial charge < -0.3 is 24.3 Å². The second kappa shape index (κ2) is 10.1. The lowest BCUT2D eigenvalue weighted by Crippen LogP contribution is -2.52. The zero-order valence-corrected chi connectivity index (χ0v) is 20.7. The normalized spacial score (nSPS) is 23.0. The molecule has 9 nitrogen and oxygen atoms in total. The highest BCUT2D eigenvalue weighted by Gasteiger charge is 2.66. The second-order valence-electron chi connectivity index (χ2n) is 8.89. The number of carbonyl (C=O) groups excluding carboxylic acids is 2. The van der Waals surface area contributed by atoms with Crippen LogP contribution in [0.4, 0.5) is 5.69 Å². The number of nitrogens with one attached hydrogen (secondary N) is 1. The third-order valence-electron chi connectivity index (χ3n) is 6.37. The summed E-state index contributed by atoms with van der Waals surface area (Å²) in [6.45, 7) is 3.54. The van der Waals surface area contributed by atoms with E-state index in [0.29, 0.717) is 23.7 Å². The molecule has 37 heavy (non-hydrogen) atoms. The highest BCUT2D eigenvalue weighted by atomic mass is 16.8. The largest absolute Gasteiger partial charge is 0.484 e. The van der Waals surface area contributed by atoms with Crippen LogP contribution in [0.25, 0.3) is 0 Å². The number of benzene rings is 2. The van der Waals surface area contributed by atoms with E-state index >= 15 is 0 Å². The third kappa shape index (κ3) is 4.71. The Morgan fingerprint density at radius 3 is 2.32 bits per heavy atom. The topological polar surface area (TPSA) is 109 Å². The zero-order valence-electron chi connectivity index (χ0n) is 20.7. The van der Waals surface area contributed by atoms with Gasteiger partial charge in [0.1, 0.15) is 23.3 Å². The summed E-state index contributed by atoms with van der Waals surface area (Å²) in [5.41, 5.74) is 1.46. The van der Waals surface area contributed by atoms with Crippen LogP contribution in [-0.4, -0.2) is 53.1 Å². The van der Waals surface area contributed by atoms with E-state index in [1.165, 1.54) is 19.5 Å². The Bertz CT molecular complexity index is 1270. The molecular formula is C28H27N3O6. The molecule has 1 amide bonds. The average molecular weight is 502 g/mol. The van der Waals surface area contributed by atoms with Crippen LogP contribution >= 0.6 is 0 Å². The maximum Gasteiger partial charge on any atom is 0.339 e. The fourth-order valence-corrected chi connectivity index (χ4v) is 4.70. The Morgan fingerprint density at radius 2 is 1.68 bits per heavy atom. The summed E-state index contributed by atoms with van der Waals surface area (Å²) in [5.74, 6) is -1.78. The number of aromatic nitrogens is 2.